The molecule has 0 aliphatic carbocycles. The van der Waals surface area contributed by atoms with E-state index in [1.807, 2.05) is 4.90 Å². The quantitative estimate of drug-likeness (QED) is 0.679. The summed E-state index contributed by atoms with van der Waals surface area (Å²) in [4.78, 5) is 14.8. The van der Waals surface area contributed by atoms with Gasteiger partial charge in [-0.2, -0.15) is 20.1 Å². The van der Waals surface area contributed by atoms with Gasteiger partial charge in [0.15, 0.2) is 5.82 Å². The number of aromatic nitrogens is 5. The van der Waals surface area contributed by atoms with Crippen molar-refractivity contribution in [2.75, 3.05) is 38.3 Å². The van der Waals surface area contributed by atoms with Crippen molar-refractivity contribution in [3.63, 3.8) is 0 Å². The topological polar surface area (TPSA) is 135 Å². The lowest BCUT2D eigenvalue weighted by Crippen LogP contribution is -2.37. The molecule has 0 atom stereocenters. The molecule has 142 valence electrons. The number of rotatable bonds is 6. The summed E-state index contributed by atoms with van der Waals surface area (Å²) in [7, 11) is -2.30. The molecule has 2 aromatic rings. The molecular weight excluding hydrogens is 362 g/mol. The van der Waals surface area contributed by atoms with E-state index in [1.165, 1.54) is 7.11 Å². The van der Waals surface area contributed by atoms with Gasteiger partial charge in [-0.3, -0.25) is 5.10 Å². The number of hydrogen-bond donors (Lipinski definition) is 2. The maximum absolute atomic E-state index is 12.5. The first-order valence-corrected chi connectivity index (χ1v) is 9.52. The monoisotopic (exact) mass is 383 g/mol. The minimum atomic E-state index is -3.75. The van der Waals surface area contributed by atoms with Gasteiger partial charge >= 0.3 is 6.01 Å². The zero-order chi connectivity index (χ0) is 18.7. The Kier molecular flexibility index (Phi) is 5.34. The summed E-state index contributed by atoms with van der Waals surface area (Å²) >= 11 is 0. The van der Waals surface area contributed by atoms with Crippen LogP contribution in [0, 0.1) is 13.8 Å². The number of nitrogens with one attached hydrogen (secondary N) is 2. The van der Waals surface area contributed by atoms with Crippen LogP contribution in [0.4, 0.5) is 5.95 Å². The van der Waals surface area contributed by atoms with Crippen LogP contribution in [-0.2, 0) is 21.3 Å². The molecule has 1 aliphatic rings. The Hall–Kier alpha value is -2.31. The molecule has 12 heteroatoms. The van der Waals surface area contributed by atoms with Crippen LogP contribution >= 0.6 is 0 Å². The molecule has 0 radical (unpaired) electrons. The van der Waals surface area contributed by atoms with Crippen molar-refractivity contribution < 1.29 is 17.9 Å². The van der Waals surface area contributed by atoms with Crippen LogP contribution in [0.3, 0.4) is 0 Å². The van der Waals surface area contributed by atoms with E-state index in [9.17, 15) is 8.42 Å². The summed E-state index contributed by atoms with van der Waals surface area (Å²) in [5, 5.41) is 6.58. The van der Waals surface area contributed by atoms with E-state index < -0.39 is 10.0 Å². The maximum atomic E-state index is 12.5. The van der Waals surface area contributed by atoms with E-state index in [0.29, 0.717) is 43.6 Å². The lowest BCUT2D eigenvalue weighted by atomic mass is 10.4. The van der Waals surface area contributed by atoms with Gasteiger partial charge in [0, 0.05) is 13.1 Å². The molecule has 0 saturated carbocycles. The first-order valence-electron chi connectivity index (χ1n) is 8.03. The van der Waals surface area contributed by atoms with Gasteiger partial charge in [0.2, 0.25) is 16.0 Å². The summed E-state index contributed by atoms with van der Waals surface area (Å²) in [5.41, 5.74) is 0.870. The number of sulfonamides is 1. The summed E-state index contributed by atoms with van der Waals surface area (Å²) in [5.74, 6) is 0.700. The third kappa shape index (κ3) is 3.92. The average molecular weight is 383 g/mol. The summed E-state index contributed by atoms with van der Waals surface area (Å²) in [6.07, 6.45) is 0. The second-order valence-corrected chi connectivity index (χ2v) is 7.43. The van der Waals surface area contributed by atoms with E-state index in [2.05, 4.69) is 29.9 Å². The molecule has 3 heterocycles. The molecule has 0 spiro atoms. The molecule has 0 unspecified atom stereocenters. The molecular formula is C14H21N7O4S. The van der Waals surface area contributed by atoms with Crippen molar-refractivity contribution in [2.45, 2.75) is 25.3 Å². The predicted molar refractivity (Wildman–Crippen MR) is 91.5 cm³/mol. The Morgan fingerprint density at radius 3 is 2.58 bits per heavy atom. The number of methoxy groups -OCH3 is 1. The molecule has 3 rings (SSSR count). The zero-order valence-corrected chi connectivity index (χ0v) is 15.6. The fourth-order valence-corrected chi connectivity index (χ4v) is 3.98. The number of morpholine rings is 1. The molecule has 26 heavy (non-hydrogen) atoms. The third-order valence-corrected chi connectivity index (χ3v) is 5.54. The molecule has 0 bridgehead atoms. The van der Waals surface area contributed by atoms with Gasteiger partial charge in [-0.05, 0) is 13.8 Å². The summed E-state index contributed by atoms with van der Waals surface area (Å²) in [6, 6.07) is 0.131. The van der Waals surface area contributed by atoms with Gasteiger partial charge in [-0.1, -0.05) is 0 Å². The number of anilines is 1. The molecule has 2 aromatic heterocycles. The Morgan fingerprint density at radius 2 is 1.96 bits per heavy atom. The number of nitrogens with zero attached hydrogens (tertiary/aromatic N) is 5. The van der Waals surface area contributed by atoms with Crippen LogP contribution in [0.1, 0.15) is 17.2 Å². The van der Waals surface area contributed by atoms with Crippen LogP contribution in [0.2, 0.25) is 0 Å². The highest BCUT2D eigenvalue weighted by molar-refractivity contribution is 7.89. The van der Waals surface area contributed by atoms with Crippen molar-refractivity contribution >= 4 is 16.0 Å². The molecule has 0 amide bonds. The fourth-order valence-electron chi connectivity index (χ4n) is 2.63. The van der Waals surface area contributed by atoms with Crippen molar-refractivity contribution in [1.29, 1.82) is 0 Å². The number of ether oxygens (including phenoxy) is 2. The maximum Gasteiger partial charge on any atom is 0.321 e. The van der Waals surface area contributed by atoms with Gasteiger partial charge in [0.1, 0.15) is 4.90 Å². The SMILES string of the molecule is COc1nc(CNS(=O)(=O)c2c(C)n[nH]c2C)nc(N2CCOCC2)n1. The van der Waals surface area contributed by atoms with Crippen molar-refractivity contribution in [1.82, 2.24) is 29.9 Å². The first-order chi connectivity index (χ1) is 12.4. The molecule has 11 nitrogen and oxygen atoms in total. The highest BCUT2D eigenvalue weighted by Crippen LogP contribution is 2.17. The highest BCUT2D eigenvalue weighted by Gasteiger charge is 2.23. The van der Waals surface area contributed by atoms with Crippen LogP contribution in [0.15, 0.2) is 4.90 Å². The van der Waals surface area contributed by atoms with E-state index >= 15 is 0 Å². The minimum Gasteiger partial charge on any atom is -0.467 e. The Bertz CT molecular complexity index is 858. The average Bonchev–Trinajstić information content (AvgIpc) is 2.99. The van der Waals surface area contributed by atoms with E-state index in [-0.39, 0.29) is 23.3 Å². The Balaban J connectivity index is 1.81. The number of hydrogen-bond acceptors (Lipinski definition) is 9. The molecule has 1 saturated heterocycles. The van der Waals surface area contributed by atoms with Crippen molar-refractivity contribution in [2.24, 2.45) is 0 Å². The highest BCUT2D eigenvalue weighted by atomic mass is 32.2. The zero-order valence-electron chi connectivity index (χ0n) is 14.8. The van der Waals surface area contributed by atoms with Gasteiger partial charge in [-0.15, -0.1) is 0 Å². The van der Waals surface area contributed by atoms with Gasteiger partial charge < -0.3 is 14.4 Å². The lowest BCUT2D eigenvalue weighted by molar-refractivity contribution is 0.122. The summed E-state index contributed by atoms with van der Waals surface area (Å²) in [6.45, 7) is 5.63. The second kappa shape index (κ2) is 7.51. The van der Waals surface area contributed by atoms with Crippen LogP contribution < -0.4 is 14.4 Å². The smallest absolute Gasteiger partial charge is 0.321 e. The van der Waals surface area contributed by atoms with Crippen molar-refractivity contribution in [3.8, 4) is 6.01 Å². The van der Waals surface area contributed by atoms with E-state index in [1.54, 1.807) is 13.8 Å². The lowest BCUT2D eigenvalue weighted by Gasteiger charge is -2.26. The molecule has 0 aromatic carbocycles. The Labute approximate surface area is 151 Å². The predicted octanol–water partition coefficient (Wildman–Crippen LogP) is -0.465. The largest absolute Gasteiger partial charge is 0.467 e. The van der Waals surface area contributed by atoms with Crippen LogP contribution in [-0.4, -0.2) is 67.0 Å². The van der Waals surface area contributed by atoms with Gasteiger partial charge in [-0.25, -0.2) is 13.1 Å². The first kappa shape index (κ1) is 18.5. The van der Waals surface area contributed by atoms with Crippen molar-refractivity contribution in [3.05, 3.63) is 17.2 Å². The standard InChI is InChI=1S/C14H21N7O4S/c1-9-12(10(2)20-19-9)26(22,23)15-8-11-16-13(18-14(17-11)24-3)21-4-6-25-7-5-21/h15H,4-8H2,1-3H3,(H,19,20). The van der Waals surface area contributed by atoms with E-state index in [0.717, 1.165) is 0 Å². The second-order valence-electron chi connectivity index (χ2n) is 5.73. The number of aromatic amines is 1. The molecule has 1 aliphatic heterocycles. The van der Waals surface area contributed by atoms with Gasteiger partial charge in [0.25, 0.3) is 0 Å². The number of aryl methyl sites for hydroxylation is 2. The minimum absolute atomic E-state index is 0.0946. The molecule has 1 fully saturated rings. The van der Waals surface area contributed by atoms with E-state index in [4.69, 9.17) is 9.47 Å². The normalized spacial score (nSPS) is 15.3. The van der Waals surface area contributed by atoms with Crippen LogP contribution in [0.5, 0.6) is 6.01 Å². The Morgan fingerprint density at radius 1 is 1.23 bits per heavy atom. The number of H-pyrrole nitrogens is 1. The van der Waals surface area contributed by atoms with Gasteiger partial charge in [0.05, 0.1) is 38.3 Å². The fraction of sp³-hybridized carbons (Fsp3) is 0.571. The molecule has 2 N–H and O–H groups in total. The third-order valence-electron chi connectivity index (χ3n) is 3.88. The summed E-state index contributed by atoms with van der Waals surface area (Å²) < 4.78 is 38.0. The van der Waals surface area contributed by atoms with Crippen LogP contribution in [0.25, 0.3) is 0 Å².